The van der Waals surface area contributed by atoms with Gasteiger partial charge in [-0.1, -0.05) is 30.3 Å². The predicted octanol–water partition coefficient (Wildman–Crippen LogP) is 6.79. The summed E-state index contributed by atoms with van der Waals surface area (Å²) in [5.41, 5.74) is 1.43. The Kier molecular flexibility index (Phi) is 10.4. The Labute approximate surface area is 273 Å². The summed E-state index contributed by atoms with van der Waals surface area (Å²) >= 11 is 2.98. The van der Waals surface area contributed by atoms with Crippen LogP contribution >= 0.6 is 23.1 Å². The van der Waals surface area contributed by atoms with E-state index in [0.29, 0.717) is 54.8 Å². The van der Waals surface area contributed by atoms with Gasteiger partial charge in [0.2, 0.25) is 10.0 Å². The standard InChI is InChI=1S/C32H32F3N3O5S3/c1-21-18-25(12-13-28(21)43-22(2)31(39)40)44-20-29-27(36-30(45-29)23-8-10-24(11-9-23)32(33,34)35)19-37-14-16-38(17-15-37)46(41,42)26-6-4-3-5-7-26/h3-13,18,22H,14-17,19-20H2,1-2H3,(H,39,40). The van der Waals surface area contributed by atoms with Crippen LogP contribution in [0.1, 0.15) is 28.6 Å². The highest BCUT2D eigenvalue weighted by Gasteiger charge is 2.31. The van der Waals surface area contributed by atoms with E-state index in [1.54, 1.807) is 48.2 Å². The zero-order chi connectivity index (χ0) is 33.1. The highest BCUT2D eigenvalue weighted by Crippen LogP contribution is 2.37. The summed E-state index contributed by atoms with van der Waals surface area (Å²) in [6.07, 6.45) is -5.42. The van der Waals surface area contributed by atoms with Gasteiger partial charge in [-0.2, -0.15) is 17.5 Å². The van der Waals surface area contributed by atoms with E-state index < -0.39 is 33.8 Å². The minimum atomic E-state index is -4.44. The van der Waals surface area contributed by atoms with Crippen molar-refractivity contribution in [3.8, 4) is 16.3 Å². The number of carboxylic acids is 1. The number of hydrogen-bond donors (Lipinski definition) is 1. The van der Waals surface area contributed by atoms with Gasteiger partial charge in [0.05, 0.1) is 16.2 Å². The molecule has 1 aromatic heterocycles. The van der Waals surface area contributed by atoms with Gasteiger partial charge < -0.3 is 9.84 Å². The van der Waals surface area contributed by atoms with Crippen molar-refractivity contribution in [1.82, 2.24) is 14.2 Å². The number of thioether (sulfide) groups is 1. The second-order valence-electron chi connectivity index (χ2n) is 10.8. The van der Waals surface area contributed by atoms with E-state index in [2.05, 4.69) is 4.90 Å². The second kappa shape index (κ2) is 14.1. The maximum Gasteiger partial charge on any atom is 0.416 e. The quantitative estimate of drug-likeness (QED) is 0.172. The molecule has 0 aliphatic carbocycles. The number of aryl methyl sites for hydroxylation is 1. The van der Waals surface area contributed by atoms with E-state index >= 15 is 0 Å². The molecule has 5 rings (SSSR count). The van der Waals surface area contributed by atoms with E-state index in [4.69, 9.17) is 14.8 Å². The van der Waals surface area contributed by atoms with Crippen molar-refractivity contribution in [3.05, 3.63) is 94.5 Å². The van der Waals surface area contributed by atoms with E-state index in [-0.39, 0.29) is 4.90 Å². The average molecular weight is 692 g/mol. The third kappa shape index (κ3) is 8.10. The molecule has 3 aromatic carbocycles. The Morgan fingerprint density at radius 1 is 1.04 bits per heavy atom. The SMILES string of the molecule is Cc1cc(SCc2sc(-c3ccc(C(F)(F)F)cc3)nc2CN2CCN(S(=O)(=O)c3ccccc3)CC2)ccc1OC(C)C(=O)O. The van der Waals surface area contributed by atoms with Crippen molar-refractivity contribution in [2.75, 3.05) is 26.2 Å². The molecule has 2 heterocycles. The zero-order valence-electron chi connectivity index (χ0n) is 25.0. The molecule has 1 atom stereocenters. The average Bonchev–Trinajstić information content (AvgIpc) is 3.43. The first-order valence-electron chi connectivity index (χ1n) is 14.4. The number of sulfonamides is 1. The van der Waals surface area contributed by atoms with Crippen LogP contribution in [0.4, 0.5) is 13.2 Å². The van der Waals surface area contributed by atoms with Gasteiger partial charge in [0.25, 0.3) is 0 Å². The van der Waals surface area contributed by atoms with E-state index in [0.717, 1.165) is 33.2 Å². The number of rotatable bonds is 11. The number of thiazole rings is 1. The molecule has 4 aromatic rings. The summed E-state index contributed by atoms with van der Waals surface area (Å²) in [6, 6.07) is 18.8. The van der Waals surface area contributed by atoms with Gasteiger partial charge in [-0.15, -0.1) is 23.1 Å². The van der Waals surface area contributed by atoms with Crippen molar-refractivity contribution in [3.63, 3.8) is 0 Å². The zero-order valence-corrected chi connectivity index (χ0v) is 27.5. The van der Waals surface area contributed by atoms with Crippen LogP contribution in [0.15, 0.2) is 82.6 Å². The van der Waals surface area contributed by atoms with Crippen molar-refractivity contribution < 1.29 is 36.2 Å². The minimum absolute atomic E-state index is 0.259. The predicted molar refractivity (Wildman–Crippen MR) is 171 cm³/mol. The lowest BCUT2D eigenvalue weighted by atomic mass is 10.1. The van der Waals surface area contributed by atoms with Crippen molar-refractivity contribution in [2.24, 2.45) is 0 Å². The first-order chi connectivity index (χ1) is 21.8. The Bertz CT molecular complexity index is 1770. The summed E-state index contributed by atoms with van der Waals surface area (Å²) in [5, 5.41) is 9.76. The number of alkyl halides is 3. The van der Waals surface area contributed by atoms with Crippen LogP contribution < -0.4 is 4.74 Å². The molecule has 0 spiro atoms. The number of piperazine rings is 1. The first-order valence-corrected chi connectivity index (χ1v) is 17.6. The molecule has 46 heavy (non-hydrogen) atoms. The van der Waals surface area contributed by atoms with Gasteiger partial charge in [0, 0.05) is 53.8 Å². The summed E-state index contributed by atoms with van der Waals surface area (Å²) in [5.74, 6) is -0.0318. The van der Waals surface area contributed by atoms with Gasteiger partial charge in [-0.3, -0.25) is 4.90 Å². The summed E-state index contributed by atoms with van der Waals surface area (Å²) in [6.45, 7) is 5.42. The molecule has 14 heteroatoms. The lowest BCUT2D eigenvalue weighted by molar-refractivity contribution is -0.144. The molecule has 1 fully saturated rings. The van der Waals surface area contributed by atoms with Gasteiger partial charge in [0.15, 0.2) is 6.10 Å². The molecular formula is C32H32F3N3O5S3. The topological polar surface area (TPSA) is 100 Å². The maximum absolute atomic E-state index is 13.2. The number of carbonyl (C=O) groups is 1. The van der Waals surface area contributed by atoms with Crippen LogP contribution in [0, 0.1) is 6.92 Å². The molecular weight excluding hydrogens is 660 g/mol. The Morgan fingerprint density at radius 3 is 2.33 bits per heavy atom. The molecule has 0 saturated carbocycles. The molecule has 0 amide bonds. The fraction of sp³-hybridized carbons (Fsp3) is 0.312. The highest BCUT2D eigenvalue weighted by atomic mass is 32.2. The van der Waals surface area contributed by atoms with Crippen LogP contribution in [0.5, 0.6) is 5.75 Å². The van der Waals surface area contributed by atoms with E-state index in [1.807, 2.05) is 19.1 Å². The summed E-state index contributed by atoms with van der Waals surface area (Å²) < 4.78 is 72.7. The van der Waals surface area contributed by atoms with Crippen LogP contribution in [0.25, 0.3) is 10.6 Å². The molecule has 1 unspecified atom stereocenters. The number of aliphatic carboxylic acids is 1. The van der Waals surface area contributed by atoms with Gasteiger partial charge >= 0.3 is 12.1 Å². The third-order valence-electron chi connectivity index (χ3n) is 7.49. The number of aromatic nitrogens is 1. The molecule has 1 saturated heterocycles. The Morgan fingerprint density at radius 2 is 1.72 bits per heavy atom. The molecule has 8 nitrogen and oxygen atoms in total. The van der Waals surface area contributed by atoms with Crippen molar-refractivity contribution >= 4 is 39.1 Å². The number of carboxylic acid groups (broad SMARTS) is 1. The smallest absolute Gasteiger partial charge is 0.416 e. The molecule has 0 bridgehead atoms. The number of nitrogens with zero attached hydrogens (tertiary/aromatic N) is 3. The normalized spacial score (nSPS) is 15.5. The number of ether oxygens (including phenoxy) is 1. The van der Waals surface area contributed by atoms with Crippen molar-refractivity contribution in [2.45, 2.75) is 48.2 Å². The van der Waals surface area contributed by atoms with Gasteiger partial charge in [-0.05, 0) is 61.9 Å². The third-order valence-corrected chi connectivity index (χ3v) is 11.8. The largest absolute Gasteiger partial charge is 0.479 e. The highest BCUT2D eigenvalue weighted by molar-refractivity contribution is 7.98. The van der Waals surface area contributed by atoms with Crippen molar-refractivity contribution in [1.29, 1.82) is 0 Å². The Balaban J connectivity index is 1.33. The first kappa shape index (κ1) is 33.9. The number of benzene rings is 3. The summed E-state index contributed by atoms with van der Waals surface area (Å²) in [4.78, 5) is 20.3. The monoisotopic (exact) mass is 691 g/mol. The van der Waals surface area contributed by atoms with Crippen LogP contribution in [0.3, 0.4) is 0 Å². The van der Waals surface area contributed by atoms with Crippen LogP contribution in [-0.4, -0.2) is 66.0 Å². The molecule has 244 valence electrons. The molecule has 1 N–H and O–H groups in total. The number of hydrogen-bond acceptors (Lipinski definition) is 8. The fourth-order valence-electron chi connectivity index (χ4n) is 4.86. The second-order valence-corrected chi connectivity index (χ2v) is 14.8. The molecule has 0 radical (unpaired) electrons. The van der Waals surface area contributed by atoms with E-state index in [9.17, 15) is 26.4 Å². The lowest BCUT2D eigenvalue weighted by Crippen LogP contribution is -2.48. The van der Waals surface area contributed by atoms with Gasteiger partial charge in [-0.25, -0.2) is 18.2 Å². The summed E-state index contributed by atoms with van der Waals surface area (Å²) in [7, 11) is -3.60. The van der Waals surface area contributed by atoms with E-state index in [1.165, 1.54) is 34.7 Å². The van der Waals surface area contributed by atoms with Gasteiger partial charge in [0.1, 0.15) is 10.8 Å². The van der Waals surface area contributed by atoms with Crippen LogP contribution in [0.2, 0.25) is 0 Å². The Hall–Kier alpha value is -3.43. The maximum atomic E-state index is 13.2. The molecule has 1 aliphatic rings. The molecule has 1 aliphatic heterocycles. The fourth-order valence-corrected chi connectivity index (χ4v) is 8.48. The number of halogens is 3. The minimum Gasteiger partial charge on any atom is -0.479 e. The van der Waals surface area contributed by atoms with Crippen LogP contribution in [-0.2, 0) is 33.3 Å². The lowest BCUT2D eigenvalue weighted by Gasteiger charge is -2.33.